The molecule has 0 saturated carbocycles. The van der Waals surface area contributed by atoms with Crippen LogP contribution < -0.4 is 11.1 Å². The Hall–Kier alpha value is -4.78. The minimum absolute atomic E-state index is 0.160. The van der Waals surface area contributed by atoms with Crippen LogP contribution in [0.4, 0.5) is 5.69 Å². The van der Waals surface area contributed by atoms with Crippen LogP contribution in [0.3, 0.4) is 0 Å². The number of H-pyrrole nitrogens is 1. The van der Waals surface area contributed by atoms with Crippen LogP contribution in [0.5, 0.6) is 0 Å². The number of imidazole rings is 1. The van der Waals surface area contributed by atoms with Gasteiger partial charge in [0.2, 0.25) is 11.8 Å². The Morgan fingerprint density at radius 3 is 2.51 bits per heavy atom. The fourth-order valence-corrected chi connectivity index (χ4v) is 4.02. The van der Waals surface area contributed by atoms with Gasteiger partial charge in [0.25, 0.3) is 0 Å². The lowest BCUT2D eigenvalue weighted by molar-refractivity contribution is -0.117. The number of nitrogens with two attached hydrogens (primary N) is 1. The standard InChI is InChI=1S/C28H23N5O2/c29-26(34)20-8-6-19(7-9-20)25-17-31-27(33-25)24(14-18-4-2-1-3-5-18)28(35)32-23-11-10-22-16-30-13-12-21(22)15-23/h1-13,15-17,24H,14H2,(H2,29,34)(H,31,33)(H,32,35). The number of nitrogens with one attached hydrogen (secondary N) is 2. The number of carbonyl (C=O) groups excluding carboxylic acids is 2. The smallest absolute Gasteiger partial charge is 0.248 e. The zero-order valence-corrected chi connectivity index (χ0v) is 18.8. The lowest BCUT2D eigenvalue weighted by Crippen LogP contribution is -2.24. The molecule has 2 heterocycles. The maximum atomic E-state index is 13.5. The van der Waals surface area contributed by atoms with E-state index in [-0.39, 0.29) is 5.91 Å². The second-order valence-electron chi connectivity index (χ2n) is 8.28. The van der Waals surface area contributed by atoms with E-state index >= 15 is 0 Å². The number of pyridine rings is 1. The number of fused-ring (bicyclic) bond motifs is 1. The number of hydrogen-bond donors (Lipinski definition) is 3. The molecule has 1 atom stereocenters. The number of hydrogen-bond acceptors (Lipinski definition) is 4. The third kappa shape index (κ3) is 4.94. The van der Waals surface area contributed by atoms with Crippen molar-refractivity contribution in [1.82, 2.24) is 15.0 Å². The van der Waals surface area contributed by atoms with Crippen LogP contribution >= 0.6 is 0 Å². The molecule has 2 amide bonds. The van der Waals surface area contributed by atoms with Gasteiger partial charge in [0.15, 0.2) is 0 Å². The summed E-state index contributed by atoms with van der Waals surface area (Å²) in [6, 6.07) is 24.4. The summed E-state index contributed by atoms with van der Waals surface area (Å²) in [6.45, 7) is 0. The molecular formula is C28H23N5O2. The fraction of sp³-hybridized carbons (Fsp3) is 0.0714. The van der Waals surface area contributed by atoms with Crippen molar-refractivity contribution in [3.05, 3.63) is 114 Å². The minimum atomic E-state index is -0.538. The lowest BCUT2D eigenvalue weighted by atomic mass is 9.97. The highest BCUT2D eigenvalue weighted by molar-refractivity contribution is 5.98. The summed E-state index contributed by atoms with van der Waals surface area (Å²) in [5, 5.41) is 5.05. The number of rotatable bonds is 7. The summed E-state index contributed by atoms with van der Waals surface area (Å²) in [6.07, 6.45) is 5.77. The number of benzene rings is 3. The molecule has 0 aliphatic carbocycles. The maximum absolute atomic E-state index is 13.5. The molecule has 172 valence electrons. The van der Waals surface area contributed by atoms with Crippen molar-refractivity contribution in [2.24, 2.45) is 5.73 Å². The first kappa shape index (κ1) is 22.0. The third-order valence-corrected chi connectivity index (χ3v) is 5.90. The van der Waals surface area contributed by atoms with Crippen molar-refractivity contribution in [2.45, 2.75) is 12.3 Å². The van der Waals surface area contributed by atoms with Gasteiger partial charge in [-0.2, -0.15) is 0 Å². The topological polar surface area (TPSA) is 114 Å². The van der Waals surface area contributed by atoms with Crippen molar-refractivity contribution in [3.8, 4) is 11.3 Å². The first-order valence-electron chi connectivity index (χ1n) is 11.2. The molecule has 0 aliphatic rings. The highest BCUT2D eigenvalue weighted by Crippen LogP contribution is 2.26. The zero-order chi connectivity index (χ0) is 24.2. The van der Waals surface area contributed by atoms with E-state index < -0.39 is 11.8 Å². The van der Waals surface area contributed by atoms with Gasteiger partial charge in [0.05, 0.1) is 5.69 Å². The van der Waals surface area contributed by atoms with Crippen molar-refractivity contribution in [3.63, 3.8) is 0 Å². The number of carbonyl (C=O) groups is 2. The van der Waals surface area contributed by atoms with E-state index in [2.05, 4.69) is 15.3 Å². The summed E-state index contributed by atoms with van der Waals surface area (Å²) < 4.78 is 0. The van der Waals surface area contributed by atoms with E-state index in [9.17, 15) is 9.59 Å². The molecule has 4 N–H and O–H groups in total. The predicted octanol–water partition coefficient (Wildman–Crippen LogP) is 4.69. The Labute approximate surface area is 202 Å². The lowest BCUT2D eigenvalue weighted by Gasteiger charge is -2.15. The van der Waals surface area contributed by atoms with Gasteiger partial charge >= 0.3 is 0 Å². The molecule has 0 aliphatic heterocycles. The van der Waals surface area contributed by atoms with Crippen LogP contribution in [-0.2, 0) is 11.2 Å². The van der Waals surface area contributed by atoms with Crippen LogP contribution in [-0.4, -0.2) is 26.8 Å². The van der Waals surface area contributed by atoms with Gasteiger partial charge < -0.3 is 16.0 Å². The molecule has 0 fully saturated rings. The van der Waals surface area contributed by atoms with E-state index in [1.54, 1.807) is 42.9 Å². The van der Waals surface area contributed by atoms with Crippen molar-refractivity contribution in [2.75, 3.05) is 5.32 Å². The molecule has 3 aromatic carbocycles. The molecular weight excluding hydrogens is 438 g/mol. The SMILES string of the molecule is NC(=O)c1ccc(-c2c[nH]c(C(Cc3ccccc3)C(=O)Nc3ccc4cnccc4c3)n2)cc1. The van der Waals surface area contributed by atoms with Gasteiger partial charge in [-0.3, -0.25) is 14.6 Å². The number of nitrogens with zero attached hydrogens (tertiary/aromatic N) is 2. The highest BCUT2D eigenvalue weighted by atomic mass is 16.2. The van der Waals surface area contributed by atoms with Crippen LogP contribution in [0, 0.1) is 0 Å². The first-order chi connectivity index (χ1) is 17.1. The second kappa shape index (κ2) is 9.61. The van der Waals surface area contributed by atoms with Crippen molar-refractivity contribution >= 4 is 28.3 Å². The number of anilines is 1. The third-order valence-electron chi connectivity index (χ3n) is 5.90. The molecule has 0 spiro atoms. The highest BCUT2D eigenvalue weighted by Gasteiger charge is 2.25. The molecule has 0 bridgehead atoms. The van der Waals surface area contributed by atoms with Crippen LogP contribution in [0.2, 0.25) is 0 Å². The molecule has 5 rings (SSSR count). The minimum Gasteiger partial charge on any atom is -0.366 e. The molecule has 2 aromatic heterocycles. The maximum Gasteiger partial charge on any atom is 0.248 e. The Morgan fingerprint density at radius 1 is 0.943 bits per heavy atom. The Bertz CT molecular complexity index is 1490. The van der Waals surface area contributed by atoms with E-state index in [0.717, 1.165) is 21.9 Å². The fourth-order valence-electron chi connectivity index (χ4n) is 4.02. The molecule has 7 nitrogen and oxygen atoms in total. The van der Waals surface area contributed by atoms with E-state index in [1.165, 1.54) is 0 Å². The Balaban J connectivity index is 1.43. The van der Waals surface area contributed by atoms with Gasteiger partial charge in [-0.1, -0.05) is 48.5 Å². The molecule has 1 unspecified atom stereocenters. The second-order valence-corrected chi connectivity index (χ2v) is 8.28. The number of amides is 2. The van der Waals surface area contributed by atoms with E-state index in [4.69, 9.17) is 10.7 Å². The number of aromatic amines is 1. The first-order valence-corrected chi connectivity index (χ1v) is 11.2. The summed E-state index contributed by atoms with van der Waals surface area (Å²) >= 11 is 0. The van der Waals surface area contributed by atoms with Crippen molar-refractivity contribution < 1.29 is 9.59 Å². The van der Waals surface area contributed by atoms with Gasteiger partial charge in [-0.15, -0.1) is 0 Å². The number of primary amides is 1. The zero-order valence-electron chi connectivity index (χ0n) is 18.8. The monoisotopic (exact) mass is 461 g/mol. The molecule has 7 heteroatoms. The largest absolute Gasteiger partial charge is 0.366 e. The van der Waals surface area contributed by atoms with Crippen molar-refractivity contribution in [1.29, 1.82) is 0 Å². The molecule has 5 aromatic rings. The Morgan fingerprint density at radius 2 is 1.74 bits per heavy atom. The summed E-state index contributed by atoms with van der Waals surface area (Å²) in [5.74, 6) is -0.620. The summed E-state index contributed by atoms with van der Waals surface area (Å²) in [4.78, 5) is 36.9. The van der Waals surface area contributed by atoms with Gasteiger partial charge in [-0.25, -0.2) is 4.98 Å². The number of aromatic nitrogens is 3. The predicted molar refractivity (Wildman–Crippen MR) is 136 cm³/mol. The van der Waals surface area contributed by atoms with Crippen LogP contribution in [0.25, 0.3) is 22.0 Å². The summed E-state index contributed by atoms with van der Waals surface area (Å²) in [7, 11) is 0. The van der Waals surface area contributed by atoms with Gasteiger partial charge in [0.1, 0.15) is 11.7 Å². The van der Waals surface area contributed by atoms with Crippen LogP contribution in [0.1, 0.15) is 27.7 Å². The quantitative estimate of drug-likeness (QED) is 0.326. The van der Waals surface area contributed by atoms with Gasteiger partial charge in [0, 0.05) is 40.8 Å². The molecule has 0 saturated heterocycles. The average Bonchev–Trinajstić information content (AvgIpc) is 3.38. The van der Waals surface area contributed by atoms with E-state index in [1.807, 2.05) is 54.6 Å². The normalized spacial score (nSPS) is 11.8. The molecule has 35 heavy (non-hydrogen) atoms. The van der Waals surface area contributed by atoms with Crippen LogP contribution in [0.15, 0.2) is 97.5 Å². The molecule has 0 radical (unpaired) electrons. The Kier molecular flexibility index (Phi) is 6.05. The van der Waals surface area contributed by atoms with E-state index in [0.29, 0.717) is 29.2 Å². The van der Waals surface area contributed by atoms with Gasteiger partial charge in [-0.05, 0) is 47.7 Å². The average molecular weight is 462 g/mol. The summed E-state index contributed by atoms with van der Waals surface area (Å²) in [5.41, 5.74) is 9.00.